The smallest absolute Gasteiger partial charge is 0.322 e. The topological polar surface area (TPSA) is 67.9 Å². The van der Waals surface area contributed by atoms with Crippen molar-refractivity contribution in [3.8, 4) is 0 Å². The van der Waals surface area contributed by atoms with Crippen LogP contribution < -0.4 is 5.32 Å². The van der Waals surface area contributed by atoms with Gasteiger partial charge in [-0.15, -0.1) is 0 Å². The van der Waals surface area contributed by atoms with Crippen LogP contribution in [0.1, 0.15) is 33.1 Å². The maximum absolute atomic E-state index is 12.0. The van der Waals surface area contributed by atoms with Crippen molar-refractivity contribution < 1.29 is 19.1 Å². The Bertz CT molecular complexity index is 328. The molecule has 1 N–H and O–H groups in total. The van der Waals surface area contributed by atoms with Gasteiger partial charge in [0.1, 0.15) is 6.04 Å². The number of amides is 1. The molecule has 0 aliphatic carbocycles. The van der Waals surface area contributed by atoms with E-state index in [0.717, 1.165) is 12.8 Å². The largest absolute Gasteiger partial charge is 0.468 e. The Morgan fingerprint density at radius 3 is 2.52 bits per heavy atom. The fourth-order valence-corrected chi connectivity index (χ4v) is 2.36. The van der Waals surface area contributed by atoms with Crippen LogP contribution in [0.15, 0.2) is 0 Å². The number of methoxy groups -OCH3 is 1. The zero-order valence-electron chi connectivity index (χ0n) is 13.4. The fraction of sp³-hybridized carbons (Fsp3) is 0.867. The van der Waals surface area contributed by atoms with E-state index in [1.807, 2.05) is 4.90 Å². The molecule has 0 aromatic rings. The van der Waals surface area contributed by atoms with E-state index in [9.17, 15) is 9.59 Å². The monoisotopic (exact) mass is 300 g/mol. The summed E-state index contributed by atoms with van der Waals surface area (Å²) in [6.07, 6.45) is 1.97. The first-order chi connectivity index (χ1) is 10.0. The highest BCUT2D eigenvalue weighted by Crippen LogP contribution is 2.07. The molecule has 1 aliphatic rings. The lowest BCUT2D eigenvalue weighted by molar-refractivity contribution is -0.143. The molecule has 0 spiro atoms. The van der Waals surface area contributed by atoms with Crippen LogP contribution in [0.2, 0.25) is 0 Å². The molecule has 1 saturated heterocycles. The third-order valence-electron chi connectivity index (χ3n) is 3.51. The first kappa shape index (κ1) is 17.9. The highest BCUT2D eigenvalue weighted by atomic mass is 16.5. The molecule has 6 nitrogen and oxygen atoms in total. The first-order valence-corrected chi connectivity index (χ1v) is 7.71. The van der Waals surface area contributed by atoms with E-state index in [1.54, 1.807) is 0 Å². The molecule has 1 aliphatic heterocycles. The lowest BCUT2D eigenvalue weighted by atomic mass is 10.0. The lowest BCUT2D eigenvalue weighted by Gasteiger charge is -2.27. The second kappa shape index (κ2) is 9.73. The molecule has 6 heteroatoms. The number of carbonyl (C=O) groups excluding carboxylic acids is 2. The molecule has 1 unspecified atom stereocenters. The SMILES string of the molecule is COC(=O)C(CC(C)C)NCCCC(=O)N1CCOCC1. The third-order valence-corrected chi connectivity index (χ3v) is 3.51. The minimum Gasteiger partial charge on any atom is -0.468 e. The van der Waals surface area contributed by atoms with E-state index in [2.05, 4.69) is 19.2 Å². The number of esters is 1. The van der Waals surface area contributed by atoms with Crippen LogP contribution in [0.5, 0.6) is 0 Å². The van der Waals surface area contributed by atoms with Gasteiger partial charge >= 0.3 is 5.97 Å². The maximum Gasteiger partial charge on any atom is 0.322 e. The number of nitrogens with one attached hydrogen (secondary N) is 1. The van der Waals surface area contributed by atoms with Crippen LogP contribution in [0.25, 0.3) is 0 Å². The molecule has 1 rings (SSSR count). The Labute approximate surface area is 127 Å². The average molecular weight is 300 g/mol. The molecule has 0 bridgehead atoms. The van der Waals surface area contributed by atoms with Crippen molar-refractivity contribution in [2.75, 3.05) is 40.0 Å². The van der Waals surface area contributed by atoms with Crippen LogP contribution in [0.3, 0.4) is 0 Å². The summed E-state index contributed by atoms with van der Waals surface area (Å²) in [5, 5.41) is 3.19. The maximum atomic E-state index is 12.0. The molecule has 1 atom stereocenters. The number of hydrogen-bond donors (Lipinski definition) is 1. The van der Waals surface area contributed by atoms with Crippen molar-refractivity contribution in [2.24, 2.45) is 5.92 Å². The number of carbonyl (C=O) groups is 2. The Kier molecular flexibility index (Phi) is 8.30. The average Bonchev–Trinajstić information content (AvgIpc) is 2.49. The number of rotatable bonds is 8. The van der Waals surface area contributed by atoms with Gasteiger partial charge in [0.05, 0.1) is 20.3 Å². The van der Waals surface area contributed by atoms with Gasteiger partial charge in [-0.2, -0.15) is 0 Å². The van der Waals surface area contributed by atoms with E-state index < -0.39 is 0 Å². The lowest BCUT2D eigenvalue weighted by Crippen LogP contribution is -2.41. The van der Waals surface area contributed by atoms with Gasteiger partial charge in [-0.25, -0.2) is 0 Å². The zero-order chi connectivity index (χ0) is 15.7. The van der Waals surface area contributed by atoms with E-state index in [0.29, 0.717) is 45.2 Å². The first-order valence-electron chi connectivity index (χ1n) is 7.71. The summed E-state index contributed by atoms with van der Waals surface area (Å²) in [6, 6.07) is -0.284. The Morgan fingerprint density at radius 2 is 1.95 bits per heavy atom. The second-order valence-electron chi connectivity index (χ2n) is 5.76. The van der Waals surface area contributed by atoms with Crippen molar-refractivity contribution >= 4 is 11.9 Å². The predicted molar refractivity (Wildman–Crippen MR) is 79.9 cm³/mol. The van der Waals surface area contributed by atoms with Crippen LogP contribution in [0.4, 0.5) is 0 Å². The van der Waals surface area contributed by atoms with Gasteiger partial charge in [0.15, 0.2) is 0 Å². The van der Waals surface area contributed by atoms with Crippen molar-refractivity contribution in [3.63, 3.8) is 0 Å². The summed E-state index contributed by atoms with van der Waals surface area (Å²) >= 11 is 0. The molecule has 0 aromatic heterocycles. The minimum absolute atomic E-state index is 0.165. The second-order valence-corrected chi connectivity index (χ2v) is 5.76. The van der Waals surface area contributed by atoms with E-state index >= 15 is 0 Å². The van der Waals surface area contributed by atoms with E-state index in [-0.39, 0.29) is 17.9 Å². The molecular weight excluding hydrogens is 272 g/mol. The van der Waals surface area contributed by atoms with Crippen molar-refractivity contribution in [3.05, 3.63) is 0 Å². The third kappa shape index (κ3) is 6.91. The summed E-state index contributed by atoms with van der Waals surface area (Å²) in [7, 11) is 1.40. The predicted octanol–water partition coefficient (Wildman–Crippen LogP) is 0.803. The minimum atomic E-state index is -0.284. The number of morpholine rings is 1. The highest BCUT2D eigenvalue weighted by Gasteiger charge is 2.20. The number of hydrogen-bond acceptors (Lipinski definition) is 5. The van der Waals surface area contributed by atoms with Crippen LogP contribution in [-0.2, 0) is 19.1 Å². The molecular formula is C15H28N2O4. The summed E-state index contributed by atoms with van der Waals surface area (Å²) in [4.78, 5) is 25.5. The number of nitrogens with zero attached hydrogens (tertiary/aromatic N) is 1. The summed E-state index contributed by atoms with van der Waals surface area (Å²) in [5.74, 6) is 0.346. The van der Waals surface area contributed by atoms with Crippen molar-refractivity contribution in [1.82, 2.24) is 10.2 Å². The molecule has 1 amide bonds. The van der Waals surface area contributed by atoms with Gasteiger partial charge in [0.25, 0.3) is 0 Å². The molecule has 21 heavy (non-hydrogen) atoms. The Morgan fingerprint density at radius 1 is 1.29 bits per heavy atom. The van der Waals surface area contributed by atoms with E-state index in [4.69, 9.17) is 9.47 Å². The molecule has 1 fully saturated rings. The van der Waals surface area contributed by atoms with Gasteiger partial charge < -0.3 is 19.7 Å². The highest BCUT2D eigenvalue weighted by molar-refractivity contribution is 5.76. The molecule has 0 saturated carbocycles. The van der Waals surface area contributed by atoms with Gasteiger partial charge in [0, 0.05) is 19.5 Å². The van der Waals surface area contributed by atoms with Crippen LogP contribution in [0, 0.1) is 5.92 Å². The fourth-order valence-electron chi connectivity index (χ4n) is 2.36. The summed E-state index contributed by atoms with van der Waals surface area (Å²) < 4.78 is 10.0. The summed E-state index contributed by atoms with van der Waals surface area (Å²) in [5.41, 5.74) is 0. The van der Waals surface area contributed by atoms with Gasteiger partial charge in [-0.1, -0.05) is 13.8 Å². The molecule has 0 radical (unpaired) electrons. The van der Waals surface area contributed by atoms with Crippen LogP contribution >= 0.6 is 0 Å². The van der Waals surface area contributed by atoms with Gasteiger partial charge in [-0.05, 0) is 25.3 Å². The standard InChI is InChI=1S/C15H28N2O4/c1-12(2)11-13(15(19)20-3)16-6-4-5-14(18)17-7-9-21-10-8-17/h12-13,16H,4-11H2,1-3H3. The number of ether oxygens (including phenoxy) is 2. The van der Waals surface area contributed by atoms with Crippen molar-refractivity contribution in [2.45, 2.75) is 39.2 Å². The van der Waals surface area contributed by atoms with Crippen molar-refractivity contribution in [1.29, 1.82) is 0 Å². The Hall–Kier alpha value is -1.14. The molecule has 0 aromatic carbocycles. The molecule has 122 valence electrons. The van der Waals surface area contributed by atoms with Gasteiger partial charge in [0.2, 0.25) is 5.91 Å². The molecule has 1 heterocycles. The quantitative estimate of drug-likeness (QED) is 0.530. The van der Waals surface area contributed by atoms with Crippen LogP contribution in [-0.4, -0.2) is 62.8 Å². The van der Waals surface area contributed by atoms with E-state index in [1.165, 1.54) is 7.11 Å². The summed E-state index contributed by atoms with van der Waals surface area (Å²) in [6.45, 7) is 7.40. The van der Waals surface area contributed by atoms with Gasteiger partial charge in [-0.3, -0.25) is 9.59 Å². The zero-order valence-corrected chi connectivity index (χ0v) is 13.4. The Balaban J connectivity index is 2.23. The normalized spacial score (nSPS) is 16.9.